The van der Waals surface area contributed by atoms with Crippen LogP contribution in [0.15, 0.2) is 65.9 Å². The minimum atomic E-state index is 1.20. The first kappa shape index (κ1) is 14.3. The molecule has 2 aromatic carbocycles. The van der Waals surface area contributed by atoms with Gasteiger partial charge in [0.05, 0.1) is 7.57 Å². The van der Waals surface area contributed by atoms with Crippen molar-refractivity contribution in [2.24, 2.45) is 0 Å². The van der Waals surface area contributed by atoms with E-state index in [1.807, 2.05) is 11.8 Å². The molecular formula is C16H8Br2S3. The van der Waals surface area contributed by atoms with Gasteiger partial charge in [-0.2, -0.15) is 0 Å². The van der Waals surface area contributed by atoms with Gasteiger partial charge in [-0.1, -0.05) is 48.2 Å². The Kier molecular flexibility index (Phi) is 3.88. The van der Waals surface area contributed by atoms with E-state index in [0.29, 0.717) is 0 Å². The molecule has 0 atom stereocenters. The van der Waals surface area contributed by atoms with Crippen molar-refractivity contribution in [3.05, 3.63) is 56.1 Å². The molecule has 21 heavy (non-hydrogen) atoms. The molecule has 4 rings (SSSR count). The minimum absolute atomic E-state index is 1.20. The number of benzene rings is 2. The van der Waals surface area contributed by atoms with Crippen molar-refractivity contribution in [1.29, 1.82) is 0 Å². The summed E-state index contributed by atoms with van der Waals surface area (Å²) in [5.41, 5.74) is 0. The molecule has 0 saturated carbocycles. The van der Waals surface area contributed by atoms with Crippen LogP contribution in [0.4, 0.5) is 0 Å². The zero-order valence-corrected chi connectivity index (χ0v) is 16.2. The maximum atomic E-state index is 3.73. The third kappa shape index (κ3) is 2.49. The van der Waals surface area contributed by atoms with Crippen molar-refractivity contribution in [2.45, 2.75) is 9.79 Å². The number of halogens is 2. The van der Waals surface area contributed by atoms with Crippen molar-refractivity contribution < 1.29 is 0 Å². The van der Waals surface area contributed by atoms with E-state index in [-0.39, 0.29) is 0 Å². The molecule has 0 saturated heterocycles. The normalized spacial score (nSPS) is 11.5. The lowest BCUT2D eigenvalue weighted by atomic mass is 10.3. The van der Waals surface area contributed by atoms with Gasteiger partial charge in [-0.05, 0) is 44.0 Å². The largest absolute Gasteiger partial charge is 0.127 e. The Morgan fingerprint density at radius 3 is 1.57 bits per heavy atom. The molecule has 104 valence electrons. The van der Waals surface area contributed by atoms with Crippen LogP contribution in [0.25, 0.3) is 20.2 Å². The number of fused-ring (bicyclic) bond motifs is 2. The molecule has 4 aromatic rings. The van der Waals surface area contributed by atoms with Gasteiger partial charge < -0.3 is 0 Å². The first-order valence-corrected chi connectivity index (χ1v) is 10.3. The van der Waals surface area contributed by atoms with Gasteiger partial charge >= 0.3 is 0 Å². The first-order valence-electron chi connectivity index (χ1n) is 6.26. The molecule has 2 heterocycles. The number of rotatable bonds is 2. The van der Waals surface area contributed by atoms with Crippen LogP contribution in [0.5, 0.6) is 0 Å². The molecule has 0 amide bonds. The molecule has 0 aliphatic heterocycles. The molecular weight excluding hydrogens is 448 g/mol. The van der Waals surface area contributed by atoms with Crippen LogP contribution in [0.2, 0.25) is 0 Å². The molecule has 0 aliphatic carbocycles. The molecule has 0 N–H and O–H groups in total. The topological polar surface area (TPSA) is 0 Å². The van der Waals surface area contributed by atoms with Gasteiger partial charge in [0.2, 0.25) is 0 Å². The summed E-state index contributed by atoms with van der Waals surface area (Å²) in [7, 11) is 0. The Balaban J connectivity index is 1.91. The summed E-state index contributed by atoms with van der Waals surface area (Å²) in [6, 6.07) is 17.1. The first-order chi connectivity index (χ1) is 10.2. The summed E-state index contributed by atoms with van der Waals surface area (Å²) in [5.74, 6) is 0. The second-order valence-electron chi connectivity index (χ2n) is 4.50. The number of hydrogen-bond acceptors (Lipinski definition) is 3. The van der Waals surface area contributed by atoms with E-state index >= 15 is 0 Å². The van der Waals surface area contributed by atoms with Crippen LogP contribution >= 0.6 is 66.3 Å². The average Bonchev–Trinajstić information content (AvgIpc) is 2.97. The molecule has 0 nitrogen and oxygen atoms in total. The Bertz CT molecular complexity index is 875. The van der Waals surface area contributed by atoms with Gasteiger partial charge in [-0.3, -0.25) is 0 Å². The zero-order valence-electron chi connectivity index (χ0n) is 10.6. The van der Waals surface area contributed by atoms with E-state index in [1.165, 1.54) is 37.5 Å². The third-order valence-electron chi connectivity index (χ3n) is 3.22. The van der Waals surface area contributed by atoms with Gasteiger partial charge in [-0.25, -0.2) is 0 Å². The van der Waals surface area contributed by atoms with Crippen molar-refractivity contribution in [1.82, 2.24) is 0 Å². The fraction of sp³-hybridized carbons (Fsp3) is 0. The van der Waals surface area contributed by atoms with E-state index in [9.17, 15) is 0 Å². The Hall–Kier alpha value is -0.330. The summed E-state index contributed by atoms with van der Waals surface area (Å²) in [5, 5.41) is 2.64. The maximum Gasteiger partial charge on any atom is 0.0850 e. The van der Waals surface area contributed by atoms with Crippen LogP contribution in [-0.2, 0) is 0 Å². The third-order valence-corrected chi connectivity index (χ3v) is 8.95. The molecule has 0 bridgehead atoms. The fourth-order valence-electron chi connectivity index (χ4n) is 2.28. The van der Waals surface area contributed by atoms with Crippen molar-refractivity contribution in [3.63, 3.8) is 0 Å². The van der Waals surface area contributed by atoms with Gasteiger partial charge in [0.15, 0.2) is 0 Å². The molecule has 0 radical (unpaired) electrons. The summed E-state index contributed by atoms with van der Waals surface area (Å²) in [6.45, 7) is 0. The predicted octanol–water partition coefficient (Wildman–Crippen LogP) is 7.79. The van der Waals surface area contributed by atoms with Crippen LogP contribution in [-0.4, -0.2) is 0 Å². The summed E-state index contributed by atoms with van der Waals surface area (Å²) >= 11 is 12.9. The van der Waals surface area contributed by atoms with E-state index in [2.05, 4.69) is 80.4 Å². The standard InChI is InChI=1S/C16H8Br2S3/c17-15-13(9-5-1-3-7-11(9)19-15)21-14-10-6-2-4-8-12(10)20-16(14)18/h1-8H. The van der Waals surface area contributed by atoms with Crippen LogP contribution < -0.4 is 0 Å². The zero-order chi connectivity index (χ0) is 14.4. The quantitative estimate of drug-likeness (QED) is 0.297. The number of thiophene rings is 2. The highest BCUT2D eigenvalue weighted by molar-refractivity contribution is 9.11. The highest BCUT2D eigenvalue weighted by atomic mass is 79.9. The van der Waals surface area contributed by atoms with Crippen molar-refractivity contribution in [3.8, 4) is 0 Å². The van der Waals surface area contributed by atoms with E-state index in [0.717, 1.165) is 0 Å². The minimum Gasteiger partial charge on any atom is -0.127 e. The van der Waals surface area contributed by atoms with Crippen LogP contribution in [0, 0.1) is 0 Å². The molecule has 2 aromatic heterocycles. The van der Waals surface area contributed by atoms with E-state index < -0.39 is 0 Å². The fourth-order valence-corrected chi connectivity index (χ4v) is 7.45. The van der Waals surface area contributed by atoms with Crippen molar-refractivity contribution >= 4 is 86.5 Å². The maximum absolute atomic E-state index is 3.73. The molecule has 0 unspecified atom stereocenters. The van der Waals surface area contributed by atoms with Gasteiger partial charge in [0.1, 0.15) is 0 Å². The Morgan fingerprint density at radius 1 is 0.667 bits per heavy atom. The van der Waals surface area contributed by atoms with Gasteiger partial charge in [-0.15, -0.1) is 22.7 Å². The van der Waals surface area contributed by atoms with E-state index in [4.69, 9.17) is 0 Å². The van der Waals surface area contributed by atoms with E-state index in [1.54, 1.807) is 22.7 Å². The lowest BCUT2D eigenvalue weighted by molar-refractivity contribution is 1.54. The lowest BCUT2D eigenvalue weighted by Crippen LogP contribution is -1.72. The Labute approximate surface area is 151 Å². The number of hydrogen-bond donors (Lipinski definition) is 0. The summed E-state index contributed by atoms with van der Waals surface area (Å²) < 4.78 is 5.05. The average molecular weight is 456 g/mol. The molecule has 5 heteroatoms. The predicted molar refractivity (Wildman–Crippen MR) is 103 cm³/mol. The van der Waals surface area contributed by atoms with Crippen LogP contribution in [0.1, 0.15) is 0 Å². The van der Waals surface area contributed by atoms with Gasteiger partial charge in [0.25, 0.3) is 0 Å². The smallest absolute Gasteiger partial charge is 0.0850 e. The lowest BCUT2D eigenvalue weighted by Gasteiger charge is -2.01. The molecule has 0 fully saturated rings. The summed E-state index contributed by atoms with van der Waals surface area (Å²) in [6.07, 6.45) is 0. The second kappa shape index (κ2) is 5.70. The second-order valence-corrected chi connectivity index (χ2v) is 10.3. The van der Waals surface area contributed by atoms with Crippen molar-refractivity contribution in [2.75, 3.05) is 0 Å². The molecule has 0 spiro atoms. The Morgan fingerprint density at radius 2 is 1.10 bits per heavy atom. The highest BCUT2D eigenvalue weighted by Crippen LogP contribution is 2.50. The van der Waals surface area contributed by atoms with Crippen LogP contribution in [0.3, 0.4) is 0 Å². The SMILES string of the molecule is Brc1sc2ccccc2c1Sc1c(Br)sc2ccccc12. The highest BCUT2D eigenvalue weighted by Gasteiger charge is 2.16. The van der Waals surface area contributed by atoms with Gasteiger partial charge in [0, 0.05) is 30.0 Å². The molecule has 0 aliphatic rings. The summed E-state index contributed by atoms with van der Waals surface area (Å²) in [4.78, 5) is 2.61. The monoisotopic (exact) mass is 454 g/mol.